The number of hydrogen-bond donors (Lipinski definition) is 0. The summed E-state index contributed by atoms with van der Waals surface area (Å²) in [6, 6.07) is 5.52. The lowest BCUT2D eigenvalue weighted by Gasteiger charge is -1.93. The predicted molar refractivity (Wildman–Crippen MR) is 43.1 cm³/mol. The second kappa shape index (κ2) is 3.13. The highest BCUT2D eigenvalue weighted by Crippen LogP contribution is 2.11. The first-order valence-corrected chi connectivity index (χ1v) is 3.36. The summed E-state index contributed by atoms with van der Waals surface area (Å²) in [4.78, 5) is 20.5. The topological polar surface area (TPSA) is 60.2 Å². The Kier molecular flexibility index (Phi) is 2.19. The molecule has 0 fully saturated rings. The molecule has 0 saturated carbocycles. The summed E-state index contributed by atoms with van der Waals surface area (Å²) in [5.41, 5.74) is 0.487. The maximum absolute atomic E-state index is 10.8. The minimum absolute atomic E-state index is 0.000000000000000222. The van der Waals surface area contributed by atoms with Crippen LogP contribution in [-0.4, -0.2) is 10.7 Å². The van der Waals surface area contributed by atoms with Crippen molar-refractivity contribution in [2.45, 2.75) is 6.92 Å². The molecule has 0 aliphatic heterocycles. The Morgan fingerprint density at radius 2 is 1.83 bits per heavy atom. The fourth-order valence-electron chi connectivity index (χ4n) is 0.818. The van der Waals surface area contributed by atoms with Crippen LogP contribution in [0.3, 0.4) is 0 Å². The van der Waals surface area contributed by atoms with Crippen molar-refractivity contribution in [3.05, 3.63) is 39.9 Å². The number of hydrogen-bond acceptors (Lipinski definition) is 3. The summed E-state index contributed by atoms with van der Waals surface area (Å²) in [5, 5.41) is 10.2. The molecule has 62 valence electrons. The lowest BCUT2D eigenvalue weighted by atomic mass is 9.80. The smallest absolute Gasteiger partial charge is 0.269 e. The van der Waals surface area contributed by atoms with E-state index in [-0.39, 0.29) is 11.5 Å². The molecule has 1 aromatic carbocycles. The number of nitro benzene ring substituents is 1. The fourth-order valence-corrected chi connectivity index (χ4v) is 0.818. The van der Waals surface area contributed by atoms with Crippen LogP contribution in [0, 0.1) is 10.1 Å². The van der Waals surface area contributed by atoms with Crippen LogP contribution in [0.2, 0.25) is 0 Å². The number of Topliss-reactive ketones (excluding diaryl/α,β-unsaturated/α-hetero) is 1. The van der Waals surface area contributed by atoms with Gasteiger partial charge >= 0.3 is 0 Å². The molecule has 0 aromatic heterocycles. The molecule has 0 unspecified atom stereocenters. The summed E-state index contributed by atoms with van der Waals surface area (Å²) >= 11 is 0. The zero-order valence-corrected chi connectivity index (χ0v) is 6.48. The van der Waals surface area contributed by atoms with Gasteiger partial charge in [-0.3, -0.25) is 14.9 Å². The highest BCUT2D eigenvalue weighted by Gasteiger charge is 2.05. The van der Waals surface area contributed by atoms with Crippen LogP contribution in [0.25, 0.3) is 0 Å². The summed E-state index contributed by atoms with van der Waals surface area (Å²) in [6.45, 7) is 1.42. The Hall–Kier alpha value is -1.71. The third-order valence-electron chi connectivity index (χ3n) is 1.48. The molecule has 0 saturated heterocycles. The second-order valence-electron chi connectivity index (χ2n) is 2.36. The van der Waals surface area contributed by atoms with E-state index in [0.29, 0.717) is 5.56 Å². The van der Waals surface area contributed by atoms with E-state index in [9.17, 15) is 14.9 Å². The molecule has 0 bridgehead atoms. The first kappa shape index (κ1) is 8.39. The molecule has 1 aromatic rings. The average Bonchev–Trinajstić information content (AvgIpc) is 2.04. The minimum Gasteiger partial charge on any atom is -0.295 e. The standard InChI is InChI=1S/C8H7NO3/c1-6(10)7-2-4-8(5-3-7)9(11)12/h2-5H,1H3/i6-1. The van der Waals surface area contributed by atoms with Crippen LogP contribution in [0.15, 0.2) is 24.3 Å². The van der Waals surface area contributed by atoms with Gasteiger partial charge in [0.25, 0.3) is 5.69 Å². The van der Waals surface area contributed by atoms with Gasteiger partial charge in [0.1, 0.15) is 0 Å². The molecule has 12 heavy (non-hydrogen) atoms. The van der Waals surface area contributed by atoms with Gasteiger partial charge in [-0.1, -0.05) is 0 Å². The van der Waals surface area contributed by atoms with Crippen molar-refractivity contribution in [3.63, 3.8) is 0 Å². The summed E-state index contributed by atoms with van der Waals surface area (Å²) in [5.74, 6) is -0.0927. The van der Waals surface area contributed by atoms with Gasteiger partial charge in [-0.25, -0.2) is 0 Å². The van der Waals surface area contributed by atoms with E-state index in [4.69, 9.17) is 0 Å². The maximum atomic E-state index is 10.8. The summed E-state index contributed by atoms with van der Waals surface area (Å²) in [6.07, 6.45) is 0. The molecule has 0 aliphatic carbocycles. The lowest BCUT2D eigenvalue weighted by molar-refractivity contribution is -0.384. The molecule has 1 rings (SSSR count). The summed E-state index contributed by atoms with van der Waals surface area (Å²) < 4.78 is 0. The van der Waals surface area contributed by atoms with Gasteiger partial charge in [-0.2, -0.15) is 0 Å². The summed E-state index contributed by atoms with van der Waals surface area (Å²) in [7, 11) is 0. The zero-order valence-electron chi connectivity index (χ0n) is 6.48. The van der Waals surface area contributed by atoms with Gasteiger partial charge in [0.2, 0.25) is 0 Å². The molecular formula is C8H7NO3. The van der Waals surface area contributed by atoms with Crippen LogP contribution in [0.5, 0.6) is 0 Å². The first-order chi connectivity index (χ1) is 5.61. The molecule has 0 atom stereocenters. The molecule has 0 aliphatic rings. The second-order valence-corrected chi connectivity index (χ2v) is 2.36. The van der Waals surface area contributed by atoms with Gasteiger partial charge in [-0.05, 0) is 19.1 Å². The van der Waals surface area contributed by atoms with Crippen LogP contribution in [0.4, 0.5) is 5.69 Å². The zero-order chi connectivity index (χ0) is 9.14. The van der Waals surface area contributed by atoms with E-state index >= 15 is 0 Å². The molecule has 0 heterocycles. The number of carbonyl (C=O) groups is 1. The van der Waals surface area contributed by atoms with Gasteiger partial charge in [-0.15, -0.1) is 0 Å². The SMILES string of the molecule is C[11C](=O)c1ccc([N+](=O)[O-])cc1. The van der Waals surface area contributed by atoms with E-state index in [1.165, 1.54) is 31.2 Å². The third-order valence-corrected chi connectivity index (χ3v) is 1.48. The lowest BCUT2D eigenvalue weighted by Crippen LogP contribution is -1.92. The van der Waals surface area contributed by atoms with Gasteiger partial charge in [0, 0.05) is 17.7 Å². The maximum Gasteiger partial charge on any atom is 0.269 e. The molecule has 4 heteroatoms. The van der Waals surface area contributed by atoms with Gasteiger partial charge in [0.05, 0.1) is 4.92 Å². The van der Waals surface area contributed by atoms with Crippen molar-refractivity contribution in [2.24, 2.45) is 0 Å². The average molecular weight is 164 g/mol. The number of nitrogens with zero attached hydrogens (tertiary/aromatic N) is 1. The number of benzene rings is 1. The number of non-ortho nitro benzene ring substituents is 1. The van der Waals surface area contributed by atoms with Crippen LogP contribution < -0.4 is 0 Å². The fraction of sp³-hybridized carbons (Fsp3) is 0.125. The number of carbonyl (C=O) groups excluding carboxylic acids is 1. The Morgan fingerprint density at radius 3 is 2.17 bits per heavy atom. The molecule has 0 amide bonds. The van der Waals surface area contributed by atoms with E-state index in [0.717, 1.165) is 0 Å². The van der Waals surface area contributed by atoms with Gasteiger partial charge in [0.15, 0.2) is 5.78 Å². The van der Waals surface area contributed by atoms with Crippen molar-refractivity contribution in [2.75, 3.05) is 0 Å². The van der Waals surface area contributed by atoms with Crippen LogP contribution >= 0.6 is 0 Å². The number of ketones is 1. The van der Waals surface area contributed by atoms with Crippen molar-refractivity contribution in [1.29, 1.82) is 0 Å². The third kappa shape index (κ3) is 1.66. The van der Waals surface area contributed by atoms with E-state index in [1.54, 1.807) is 0 Å². The monoisotopic (exact) mass is 164 g/mol. The highest BCUT2D eigenvalue weighted by molar-refractivity contribution is 5.94. The van der Waals surface area contributed by atoms with Crippen molar-refractivity contribution in [3.8, 4) is 0 Å². The quantitative estimate of drug-likeness (QED) is 0.380. The van der Waals surface area contributed by atoms with E-state index in [1.807, 2.05) is 0 Å². The number of rotatable bonds is 2. The normalized spacial score (nSPS) is 9.42. The van der Waals surface area contributed by atoms with Crippen LogP contribution in [-0.2, 0) is 0 Å². The van der Waals surface area contributed by atoms with Crippen LogP contribution in [0.1, 0.15) is 17.3 Å². The minimum atomic E-state index is -0.496. The Labute approximate surface area is 69.0 Å². The molecule has 4 nitrogen and oxygen atoms in total. The van der Waals surface area contributed by atoms with Crippen molar-refractivity contribution >= 4 is 11.5 Å². The Bertz CT molecular complexity index is 283. The van der Waals surface area contributed by atoms with Crippen molar-refractivity contribution < 1.29 is 9.72 Å². The van der Waals surface area contributed by atoms with E-state index in [2.05, 4.69) is 0 Å². The largest absolute Gasteiger partial charge is 0.295 e. The first-order valence-electron chi connectivity index (χ1n) is 3.36. The van der Waals surface area contributed by atoms with Gasteiger partial charge < -0.3 is 0 Å². The highest BCUT2D eigenvalue weighted by atomic mass is 16.6. The molecule has 0 radical (unpaired) electrons. The number of nitro groups is 1. The Morgan fingerprint density at radius 1 is 1.33 bits per heavy atom. The molecule has 0 spiro atoms. The molecule has 0 N–H and O–H groups in total. The van der Waals surface area contributed by atoms with E-state index < -0.39 is 4.92 Å². The van der Waals surface area contributed by atoms with Crippen molar-refractivity contribution in [1.82, 2.24) is 0 Å². The predicted octanol–water partition coefficient (Wildman–Crippen LogP) is 1.80. The Balaban J connectivity index is 3.01. The molecular weight excluding hydrogens is 157 g/mol.